The smallest absolute Gasteiger partial charge is 0.416 e. The SMILES string of the molecule is COB(c1cc(C(F)(F)F)cc(C(F)(F)F)c1)c1cc(C(F)(F)F)cc(C(F)(F)F)c1. The Bertz CT molecular complexity index is 800. The third kappa shape index (κ3) is 5.86. The lowest BCUT2D eigenvalue weighted by Gasteiger charge is -2.20. The van der Waals surface area contributed by atoms with Crippen LogP contribution in [0.3, 0.4) is 0 Å². The molecule has 0 saturated heterocycles. The molecule has 0 aromatic heterocycles. The first-order chi connectivity index (χ1) is 13.8. The van der Waals surface area contributed by atoms with Crippen molar-refractivity contribution in [3.63, 3.8) is 0 Å². The van der Waals surface area contributed by atoms with Crippen LogP contribution >= 0.6 is 0 Å². The maximum absolute atomic E-state index is 13.0. The van der Waals surface area contributed by atoms with Crippen molar-refractivity contribution in [1.29, 1.82) is 0 Å². The lowest BCUT2D eigenvalue weighted by Crippen LogP contribution is -2.46. The second-order valence-corrected chi connectivity index (χ2v) is 6.29. The molecule has 0 fully saturated rings. The standard InChI is InChI=1S/C17H9BF12O/c1-31-18(12-4-8(14(19,20)21)2-9(5-12)15(22,23)24)13-6-10(16(25,26)27)3-11(7-13)17(28,29)30/h2-7H,1H3. The third-order valence-corrected chi connectivity index (χ3v) is 4.06. The van der Waals surface area contributed by atoms with Crippen LogP contribution in [0, 0.1) is 0 Å². The molecule has 0 aliphatic rings. The summed E-state index contributed by atoms with van der Waals surface area (Å²) in [5, 5.41) is 0. The molecule has 0 aliphatic heterocycles. The Morgan fingerprint density at radius 3 is 0.871 bits per heavy atom. The first-order valence-corrected chi connectivity index (χ1v) is 7.95. The predicted octanol–water partition coefficient (Wildman–Crippen LogP) is 5.51. The second-order valence-electron chi connectivity index (χ2n) is 6.29. The molecule has 31 heavy (non-hydrogen) atoms. The summed E-state index contributed by atoms with van der Waals surface area (Å²) in [6.07, 6.45) is -21.1. The van der Waals surface area contributed by atoms with Crippen molar-refractivity contribution in [1.82, 2.24) is 0 Å². The quantitative estimate of drug-likeness (QED) is 0.427. The largest absolute Gasteiger partial charge is 0.430 e. The highest BCUT2D eigenvalue weighted by Gasteiger charge is 2.41. The molecule has 0 radical (unpaired) electrons. The Hall–Kier alpha value is -2.38. The van der Waals surface area contributed by atoms with Crippen molar-refractivity contribution in [3.05, 3.63) is 58.7 Å². The van der Waals surface area contributed by atoms with Crippen molar-refractivity contribution >= 4 is 17.8 Å². The van der Waals surface area contributed by atoms with E-state index in [1.165, 1.54) is 0 Å². The average molecular weight is 468 g/mol. The van der Waals surface area contributed by atoms with Gasteiger partial charge in [0.2, 0.25) is 0 Å². The maximum Gasteiger partial charge on any atom is 0.416 e. The fourth-order valence-corrected chi connectivity index (χ4v) is 2.73. The van der Waals surface area contributed by atoms with Crippen LogP contribution in [0.25, 0.3) is 0 Å². The van der Waals surface area contributed by atoms with Gasteiger partial charge in [-0.3, -0.25) is 0 Å². The molecule has 1 nitrogen and oxygen atoms in total. The van der Waals surface area contributed by atoms with Crippen LogP contribution in [0.15, 0.2) is 36.4 Å². The van der Waals surface area contributed by atoms with Crippen LogP contribution in [-0.4, -0.2) is 14.0 Å². The number of halogens is 12. The highest BCUT2D eigenvalue weighted by molar-refractivity contribution is 6.80. The van der Waals surface area contributed by atoms with Gasteiger partial charge in [0, 0.05) is 7.11 Å². The van der Waals surface area contributed by atoms with Gasteiger partial charge in [-0.2, -0.15) is 52.7 Å². The number of hydrogen-bond acceptors (Lipinski definition) is 1. The number of rotatable bonds is 3. The van der Waals surface area contributed by atoms with Crippen LogP contribution in [0.5, 0.6) is 0 Å². The monoisotopic (exact) mass is 468 g/mol. The molecule has 0 spiro atoms. The zero-order valence-corrected chi connectivity index (χ0v) is 15.0. The van der Waals surface area contributed by atoms with Gasteiger partial charge in [-0.05, 0) is 23.1 Å². The summed E-state index contributed by atoms with van der Waals surface area (Å²) in [6, 6.07) is 0.189. The normalized spacial score (nSPS) is 13.5. The first kappa shape index (κ1) is 24.9. The van der Waals surface area contributed by atoms with Gasteiger partial charge in [-0.1, -0.05) is 24.3 Å². The van der Waals surface area contributed by atoms with Gasteiger partial charge in [0.05, 0.1) is 22.3 Å². The molecular weight excluding hydrogens is 459 g/mol. The Labute approximate surface area is 166 Å². The third-order valence-electron chi connectivity index (χ3n) is 4.06. The summed E-state index contributed by atoms with van der Waals surface area (Å²) in [4.78, 5) is 0. The molecule has 0 unspecified atom stereocenters. The van der Waals surface area contributed by atoms with Gasteiger partial charge in [-0.15, -0.1) is 0 Å². The van der Waals surface area contributed by atoms with Gasteiger partial charge < -0.3 is 4.65 Å². The van der Waals surface area contributed by atoms with Crippen molar-refractivity contribution < 1.29 is 57.3 Å². The molecule has 0 atom stereocenters. The fraction of sp³-hybridized carbons (Fsp3) is 0.294. The minimum Gasteiger partial charge on any atom is -0.430 e. The Morgan fingerprint density at radius 2 is 0.710 bits per heavy atom. The van der Waals surface area contributed by atoms with E-state index in [4.69, 9.17) is 4.65 Å². The molecular formula is C17H9BF12O. The lowest BCUT2D eigenvalue weighted by molar-refractivity contribution is -0.144. The summed E-state index contributed by atoms with van der Waals surface area (Å²) in [5.74, 6) is 0. The number of hydrogen-bond donors (Lipinski definition) is 0. The summed E-state index contributed by atoms with van der Waals surface area (Å²) >= 11 is 0. The molecule has 0 heterocycles. The Kier molecular flexibility index (Phi) is 6.38. The maximum atomic E-state index is 13.0. The molecule has 170 valence electrons. The molecule has 14 heteroatoms. The minimum atomic E-state index is -5.28. The number of alkyl halides is 12. The van der Waals surface area contributed by atoms with Crippen molar-refractivity contribution in [2.24, 2.45) is 0 Å². The predicted molar refractivity (Wildman–Crippen MR) is 84.9 cm³/mol. The van der Waals surface area contributed by atoms with E-state index in [2.05, 4.69) is 0 Å². The van der Waals surface area contributed by atoms with Crippen molar-refractivity contribution in [2.75, 3.05) is 7.11 Å². The summed E-state index contributed by atoms with van der Waals surface area (Å²) in [5.41, 5.74) is -9.08. The van der Waals surface area contributed by atoms with E-state index in [0.717, 1.165) is 0 Å². The van der Waals surface area contributed by atoms with E-state index in [1.807, 2.05) is 0 Å². The van der Waals surface area contributed by atoms with Crippen LogP contribution in [0.1, 0.15) is 22.3 Å². The molecule has 0 N–H and O–H groups in total. The van der Waals surface area contributed by atoms with Gasteiger partial charge >= 0.3 is 31.6 Å². The van der Waals surface area contributed by atoms with E-state index in [9.17, 15) is 52.7 Å². The van der Waals surface area contributed by atoms with Gasteiger partial charge in [0.25, 0.3) is 0 Å². The zero-order chi connectivity index (χ0) is 24.0. The Morgan fingerprint density at radius 1 is 0.484 bits per heavy atom. The van der Waals surface area contributed by atoms with E-state index in [1.54, 1.807) is 0 Å². The van der Waals surface area contributed by atoms with Crippen LogP contribution in [-0.2, 0) is 29.4 Å². The highest BCUT2D eigenvalue weighted by Crippen LogP contribution is 2.36. The van der Waals surface area contributed by atoms with Crippen LogP contribution in [0.4, 0.5) is 52.7 Å². The molecule has 0 aliphatic carbocycles. The van der Waals surface area contributed by atoms with Crippen molar-refractivity contribution in [2.45, 2.75) is 24.7 Å². The molecule has 0 saturated carbocycles. The minimum absolute atomic E-state index is 0.164. The van der Waals surface area contributed by atoms with Gasteiger partial charge in [-0.25, -0.2) is 0 Å². The average Bonchev–Trinajstić information content (AvgIpc) is 2.59. The van der Waals surface area contributed by atoms with E-state index in [0.29, 0.717) is 7.11 Å². The van der Waals surface area contributed by atoms with Crippen LogP contribution in [0.2, 0.25) is 0 Å². The van der Waals surface area contributed by atoms with Gasteiger partial charge in [0.15, 0.2) is 0 Å². The van der Waals surface area contributed by atoms with Crippen LogP contribution < -0.4 is 10.9 Å². The zero-order valence-electron chi connectivity index (χ0n) is 15.0. The molecule has 2 rings (SSSR count). The molecule has 0 bridgehead atoms. The summed E-state index contributed by atoms with van der Waals surface area (Å²) in [7, 11) is 0.714. The van der Waals surface area contributed by atoms with Gasteiger partial charge in [0.1, 0.15) is 0 Å². The summed E-state index contributed by atoms with van der Waals surface area (Å²) < 4.78 is 161. The molecule has 0 amide bonds. The molecule has 2 aromatic rings. The Balaban J connectivity index is 2.78. The number of benzene rings is 2. The molecule has 2 aromatic carbocycles. The highest BCUT2D eigenvalue weighted by atomic mass is 19.4. The van der Waals surface area contributed by atoms with Crippen molar-refractivity contribution in [3.8, 4) is 0 Å². The van der Waals surface area contributed by atoms with E-state index >= 15 is 0 Å². The van der Waals surface area contributed by atoms with E-state index in [-0.39, 0.29) is 36.4 Å². The second kappa shape index (κ2) is 7.95. The fourth-order valence-electron chi connectivity index (χ4n) is 2.73. The lowest BCUT2D eigenvalue weighted by atomic mass is 9.54. The summed E-state index contributed by atoms with van der Waals surface area (Å²) in [6.45, 7) is -2.09. The topological polar surface area (TPSA) is 9.23 Å². The first-order valence-electron chi connectivity index (χ1n) is 7.95. The van der Waals surface area contributed by atoms with E-state index < -0.39 is 64.8 Å².